The lowest BCUT2D eigenvalue weighted by Gasteiger charge is -2.31. The molecule has 0 unspecified atom stereocenters. The van der Waals surface area contributed by atoms with Crippen molar-refractivity contribution in [3.63, 3.8) is 0 Å². The molecule has 0 saturated carbocycles. The number of nitriles is 1. The van der Waals surface area contributed by atoms with E-state index in [0.717, 1.165) is 9.87 Å². The minimum Gasteiger partial charge on any atom is -0.480 e. The minimum absolute atomic E-state index is 0.0187. The summed E-state index contributed by atoms with van der Waals surface area (Å²) in [6.45, 7) is 5.63. The van der Waals surface area contributed by atoms with Crippen LogP contribution in [0.2, 0.25) is 0 Å². The molecular weight excluding hydrogens is 578 g/mol. The van der Waals surface area contributed by atoms with E-state index in [0.29, 0.717) is 30.8 Å². The minimum atomic E-state index is -3.99. The monoisotopic (exact) mass is 613 g/mol. The van der Waals surface area contributed by atoms with Gasteiger partial charge in [0.2, 0.25) is 15.9 Å². The van der Waals surface area contributed by atoms with Crippen LogP contribution in [0.25, 0.3) is 0 Å². The van der Waals surface area contributed by atoms with E-state index in [1.54, 1.807) is 69.4 Å². The molecule has 224 valence electrons. The van der Waals surface area contributed by atoms with Crippen LogP contribution in [0.1, 0.15) is 44.7 Å². The number of carbonyl (C=O) groups excluding carboxylic acids is 2. The summed E-state index contributed by atoms with van der Waals surface area (Å²) in [7, 11) is -3.99. The van der Waals surface area contributed by atoms with Crippen molar-refractivity contribution >= 4 is 45.3 Å². The van der Waals surface area contributed by atoms with Gasteiger partial charge in [-0.2, -0.15) is 9.57 Å². The Bertz CT molecular complexity index is 1450. The van der Waals surface area contributed by atoms with Crippen LogP contribution in [0, 0.1) is 11.5 Å². The predicted octanol–water partition coefficient (Wildman–Crippen LogP) is 2.72. The number of hydrogen-bond acceptors (Lipinski definition) is 8. The number of carbonyl (C=O) groups is 3. The summed E-state index contributed by atoms with van der Waals surface area (Å²) in [4.78, 5) is 42.1. The highest BCUT2D eigenvalue weighted by Crippen LogP contribution is 2.42. The van der Waals surface area contributed by atoms with Crippen LogP contribution in [-0.2, 0) is 37.2 Å². The molecule has 0 bridgehead atoms. The number of Topliss-reactive ketones (excluding diaryl/α,β-unsaturated/α-hetero) is 1. The number of benzene rings is 2. The molecule has 3 rings (SSSR count). The Morgan fingerprint density at radius 3 is 2.40 bits per heavy atom. The lowest BCUT2D eigenvalue weighted by Crippen LogP contribution is -2.56. The summed E-state index contributed by atoms with van der Waals surface area (Å²) >= 11 is 1.31. The smallest absolute Gasteiger partial charge is 0.326 e. The molecular formula is C29H35N5O6S2. The molecule has 1 aliphatic heterocycles. The summed E-state index contributed by atoms with van der Waals surface area (Å²) in [6.07, 6.45) is 2.88. The van der Waals surface area contributed by atoms with Gasteiger partial charge >= 0.3 is 5.97 Å². The van der Waals surface area contributed by atoms with Crippen LogP contribution in [0.4, 0.5) is 0 Å². The first-order chi connectivity index (χ1) is 19.8. The lowest BCUT2D eigenvalue weighted by molar-refractivity contribution is -0.142. The molecule has 0 aliphatic carbocycles. The van der Waals surface area contributed by atoms with Crippen LogP contribution in [-0.4, -0.2) is 70.6 Å². The average molecular weight is 614 g/mol. The molecule has 1 amide bonds. The molecule has 0 radical (unpaired) electrons. The van der Waals surface area contributed by atoms with Gasteiger partial charge in [0.25, 0.3) is 0 Å². The first-order valence-corrected chi connectivity index (χ1v) is 15.8. The highest BCUT2D eigenvalue weighted by molar-refractivity contribution is 8.02. The third-order valence-corrected chi connectivity index (χ3v) is 10.1. The zero-order valence-electron chi connectivity index (χ0n) is 23.7. The van der Waals surface area contributed by atoms with Gasteiger partial charge in [0, 0.05) is 30.6 Å². The molecule has 1 aliphatic rings. The Balaban J connectivity index is 1.63. The molecule has 2 atom stereocenters. The highest BCUT2D eigenvalue weighted by Gasteiger charge is 2.51. The van der Waals surface area contributed by atoms with Gasteiger partial charge in [-0.05, 0) is 50.5 Å². The second kappa shape index (κ2) is 14.4. The zero-order valence-corrected chi connectivity index (χ0v) is 25.4. The molecule has 1 saturated heterocycles. The molecule has 2 aromatic rings. The largest absolute Gasteiger partial charge is 0.480 e. The van der Waals surface area contributed by atoms with E-state index < -0.39 is 38.7 Å². The van der Waals surface area contributed by atoms with Gasteiger partial charge in [0.05, 0.1) is 10.8 Å². The molecule has 11 nitrogen and oxygen atoms in total. The molecule has 42 heavy (non-hydrogen) atoms. The zero-order chi connectivity index (χ0) is 30.9. The van der Waals surface area contributed by atoms with Crippen LogP contribution < -0.4 is 10.6 Å². The topological polar surface area (TPSA) is 169 Å². The fourth-order valence-corrected chi connectivity index (χ4v) is 7.74. The van der Waals surface area contributed by atoms with Crippen molar-refractivity contribution < 1.29 is 27.9 Å². The summed E-state index contributed by atoms with van der Waals surface area (Å²) in [6, 6.07) is 12.4. The molecule has 1 fully saturated rings. The van der Waals surface area contributed by atoms with E-state index in [4.69, 9.17) is 5.26 Å². The number of aliphatic imine (C=N–C) groups is 1. The lowest BCUT2D eigenvalue weighted by atomic mass is 9.99. The number of ketones is 1. The van der Waals surface area contributed by atoms with Crippen LogP contribution >= 0.6 is 11.8 Å². The number of amidine groups is 1. The Morgan fingerprint density at radius 2 is 1.79 bits per heavy atom. The van der Waals surface area contributed by atoms with Gasteiger partial charge in [-0.15, -0.1) is 11.8 Å². The average Bonchev–Trinajstić information content (AvgIpc) is 3.28. The second-order valence-electron chi connectivity index (χ2n) is 10.4. The number of hydrogen-bond donors (Lipinski definition) is 3. The number of carboxylic acid groups (broad SMARTS) is 1. The number of carboxylic acids is 1. The van der Waals surface area contributed by atoms with Gasteiger partial charge in [0.1, 0.15) is 23.7 Å². The molecule has 0 aromatic heterocycles. The summed E-state index contributed by atoms with van der Waals surface area (Å²) in [5, 5.41) is 23.4. The van der Waals surface area contributed by atoms with Crippen molar-refractivity contribution in [2.45, 2.75) is 68.2 Å². The van der Waals surface area contributed by atoms with Crippen molar-refractivity contribution in [1.29, 1.82) is 5.26 Å². The Hall–Kier alpha value is -3.73. The number of sulfonamides is 1. The van der Waals surface area contributed by atoms with Gasteiger partial charge < -0.3 is 10.4 Å². The quantitative estimate of drug-likeness (QED) is 0.101. The first kappa shape index (κ1) is 32.8. The number of aliphatic carboxylic acids is 1. The van der Waals surface area contributed by atoms with Crippen molar-refractivity contribution in [3.8, 4) is 6.19 Å². The molecule has 13 heteroatoms. The number of nitrogens with zero attached hydrogens (tertiary/aromatic N) is 3. The Labute approximate surface area is 250 Å². The molecule has 2 aromatic carbocycles. The van der Waals surface area contributed by atoms with Gasteiger partial charge in [0.15, 0.2) is 6.19 Å². The normalized spacial score (nSPS) is 17.7. The van der Waals surface area contributed by atoms with E-state index in [1.165, 1.54) is 23.9 Å². The summed E-state index contributed by atoms with van der Waals surface area (Å²) < 4.78 is 27.0. The van der Waals surface area contributed by atoms with Gasteiger partial charge in [-0.3, -0.25) is 19.9 Å². The number of thioether (sulfide) groups is 1. The number of rotatable bonds is 13. The standard InChI is InChI=1S/C29H35N5O6S2/c1-20(32-18-30)31-15-7-8-23(35)16-21-11-13-22(14-12-21)17-25(28(37)38)33-27(36)26-29(2,3)41-19-34(26)42(39,40)24-9-5-4-6-10-24/h4-6,9-14,25-26H,7-8,15-17,19H2,1-3H3,(H,31,32)(H,33,36)(H,37,38)/t25-,26+/m0/s1. The second-order valence-corrected chi connectivity index (χ2v) is 13.9. The molecule has 1 heterocycles. The Kier molecular flexibility index (Phi) is 11.3. The predicted molar refractivity (Wildman–Crippen MR) is 160 cm³/mol. The van der Waals surface area contributed by atoms with Crippen LogP contribution in [0.5, 0.6) is 0 Å². The van der Waals surface area contributed by atoms with Gasteiger partial charge in [-0.1, -0.05) is 42.5 Å². The van der Waals surface area contributed by atoms with E-state index in [2.05, 4.69) is 15.6 Å². The fraction of sp³-hybridized carbons (Fsp3) is 0.414. The fourth-order valence-electron chi connectivity index (χ4n) is 4.55. The first-order valence-electron chi connectivity index (χ1n) is 13.3. The van der Waals surface area contributed by atoms with E-state index in [-0.39, 0.29) is 29.4 Å². The number of nitrogens with one attached hydrogen (secondary N) is 2. The van der Waals surface area contributed by atoms with Crippen molar-refractivity contribution in [3.05, 3.63) is 65.7 Å². The van der Waals surface area contributed by atoms with Crippen LogP contribution in [0.15, 0.2) is 64.5 Å². The Morgan fingerprint density at radius 1 is 1.14 bits per heavy atom. The molecule has 0 spiro atoms. The van der Waals surface area contributed by atoms with E-state index in [1.807, 2.05) is 0 Å². The third-order valence-electron chi connectivity index (χ3n) is 6.79. The van der Waals surface area contributed by atoms with Crippen LogP contribution in [0.3, 0.4) is 0 Å². The molecule has 3 N–H and O–H groups in total. The van der Waals surface area contributed by atoms with Crippen molar-refractivity contribution in [1.82, 2.24) is 14.9 Å². The van der Waals surface area contributed by atoms with E-state index in [9.17, 15) is 27.9 Å². The summed E-state index contributed by atoms with van der Waals surface area (Å²) in [5.41, 5.74) is 1.42. The maximum Gasteiger partial charge on any atom is 0.326 e. The summed E-state index contributed by atoms with van der Waals surface area (Å²) in [5.74, 6) is -1.33. The third kappa shape index (κ3) is 8.64. The highest BCUT2D eigenvalue weighted by atomic mass is 32.2. The number of amides is 1. The SMILES string of the molecule is CC(=NCCCC(=O)Cc1ccc(C[C@H](NC(=O)[C@H]2N(S(=O)(=O)c3ccccc3)CSC2(C)C)C(=O)O)cc1)NC#N. The van der Waals surface area contributed by atoms with Crippen molar-refractivity contribution in [2.24, 2.45) is 4.99 Å². The maximum atomic E-state index is 13.5. The van der Waals surface area contributed by atoms with E-state index >= 15 is 0 Å². The van der Waals surface area contributed by atoms with Gasteiger partial charge in [-0.25, -0.2) is 13.2 Å². The van der Waals surface area contributed by atoms with Crippen molar-refractivity contribution in [2.75, 3.05) is 12.4 Å². The maximum absolute atomic E-state index is 13.5.